The summed E-state index contributed by atoms with van der Waals surface area (Å²) in [5.74, 6) is 0.361. The molecule has 1 aromatic carbocycles. The first-order valence-electron chi connectivity index (χ1n) is 7.45. The van der Waals surface area contributed by atoms with Gasteiger partial charge in [-0.15, -0.1) is 0 Å². The summed E-state index contributed by atoms with van der Waals surface area (Å²) in [5.41, 5.74) is 1.34. The van der Waals surface area contributed by atoms with E-state index in [4.69, 9.17) is 14.2 Å². The van der Waals surface area contributed by atoms with E-state index in [-0.39, 0.29) is 18.4 Å². The van der Waals surface area contributed by atoms with E-state index < -0.39 is 0 Å². The third-order valence-electron chi connectivity index (χ3n) is 3.54. The molecule has 7 heteroatoms. The Hall–Kier alpha value is -2.12. The largest absolute Gasteiger partial charge is 0.483 e. The second kappa shape index (κ2) is 8.50. The molecule has 0 aromatic heterocycles. The van der Waals surface area contributed by atoms with E-state index in [9.17, 15) is 9.59 Å². The molecule has 0 fully saturated rings. The van der Waals surface area contributed by atoms with Gasteiger partial charge < -0.3 is 24.4 Å². The number of carbonyl (C=O) groups excluding carboxylic acids is 2. The number of hydrogen-bond acceptors (Lipinski definition) is 5. The van der Waals surface area contributed by atoms with Crippen LogP contribution in [0, 0.1) is 0 Å². The van der Waals surface area contributed by atoms with Gasteiger partial charge in [0.15, 0.2) is 6.61 Å². The fraction of sp³-hybridized carbons (Fsp3) is 0.500. The molecule has 2 rings (SSSR count). The van der Waals surface area contributed by atoms with Crippen molar-refractivity contribution in [3.8, 4) is 5.75 Å². The lowest BCUT2D eigenvalue weighted by molar-refractivity contribution is -0.133. The Morgan fingerprint density at radius 2 is 2.09 bits per heavy atom. The van der Waals surface area contributed by atoms with E-state index in [1.54, 1.807) is 37.3 Å². The maximum atomic E-state index is 12.1. The number of amides is 2. The van der Waals surface area contributed by atoms with E-state index >= 15 is 0 Å². The monoisotopic (exact) mass is 322 g/mol. The van der Waals surface area contributed by atoms with Crippen LogP contribution in [0.4, 0.5) is 0 Å². The summed E-state index contributed by atoms with van der Waals surface area (Å²) in [5, 5.41) is 2.77. The number of fused-ring (bicyclic) bond motifs is 1. The van der Waals surface area contributed by atoms with Crippen molar-refractivity contribution in [1.82, 2.24) is 10.2 Å². The molecule has 7 nitrogen and oxygen atoms in total. The zero-order valence-electron chi connectivity index (χ0n) is 13.5. The van der Waals surface area contributed by atoms with E-state index in [1.165, 1.54) is 0 Å². The predicted molar refractivity (Wildman–Crippen MR) is 83.4 cm³/mol. The fourth-order valence-corrected chi connectivity index (χ4v) is 2.28. The molecule has 0 atom stereocenters. The number of rotatable bonds is 7. The zero-order chi connectivity index (χ0) is 16.7. The predicted octanol–water partition coefficient (Wildman–Crippen LogP) is 0.430. The average molecular weight is 322 g/mol. The van der Waals surface area contributed by atoms with E-state index in [0.29, 0.717) is 44.2 Å². The van der Waals surface area contributed by atoms with E-state index in [0.717, 1.165) is 5.56 Å². The van der Waals surface area contributed by atoms with Crippen LogP contribution in [0.5, 0.6) is 5.75 Å². The van der Waals surface area contributed by atoms with Crippen LogP contribution >= 0.6 is 0 Å². The molecule has 0 spiro atoms. The SMILES string of the molecule is COCCNC(=O)c1ccc2c(c1)CN(CCOC)C(=O)CO2. The van der Waals surface area contributed by atoms with Crippen LogP contribution in [0.15, 0.2) is 18.2 Å². The Morgan fingerprint density at radius 3 is 2.83 bits per heavy atom. The zero-order valence-corrected chi connectivity index (χ0v) is 13.5. The highest BCUT2D eigenvalue weighted by atomic mass is 16.5. The van der Waals surface area contributed by atoms with Crippen LogP contribution in [-0.2, 0) is 20.8 Å². The smallest absolute Gasteiger partial charge is 0.260 e. The van der Waals surface area contributed by atoms with Crippen LogP contribution in [-0.4, -0.2) is 63.8 Å². The number of ether oxygens (including phenoxy) is 3. The Labute approximate surface area is 135 Å². The minimum absolute atomic E-state index is 0.00387. The summed E-state index contributed by atoms with van der Waals surface area (Å²) in [4.78, 5) is 25.8. The quantitative estimate of drug-likeness (QED) is 0.737. The van der Waals surface area contributed by atoms with Gasteiger partial charge in [0.25, 0.3) is 11.8 Å². The number of benzene rings is 1. The van der Waals surface area contributed by atoms with Gasteiger partial charge in [0, 0.05) is 45.0 Å². The highest BCUT2D eigenvalue weighted by Gasteiger charge is 2.22. The van der Waals surface area contributed by atoms with Crippen molar-refractivity contribution in [1.29, 1.82) is 0 Å². The molecule has 0 saturated heterocycles. The van der Waals surface area contributed by atoms with Crippen molar-refractivity contribution in [2.75, 3.05) is 47.1 Å². The van der Waals surface area contributed by atoms with Crippen molar-refractivity contribution >= 4 is 11.8 Å². The summed E-state index contributed by atoms with van der Waals surface area (Å²) in [6.07, 6.45) is 0. The van der Waals surface area contributed by atoms with Crippen LogP contribution < -0.4 is 10.1 Å². The highest BCUT2D eigenvalue weighted by molar-refractivity contribution is 5.94. The van der Waals surface area contributed by atoms with Gasteiger partial charge in [-0.05, 0) is 18.2 Å². The minimum atomic E-state index is -0.177. The summed E-state index contributed by atoms with van der Waals surface area (Å²) in [6.45, 7) is 2.24. The average Bonchev–Trinajstić information content (AvgIpc) is 2.71. The van der Waals surface area contributed by atoms with Crippen molar-refractivity contribution in [2.45, 2.75) is 6.54 Å². The molecular weight excluding hydrogens is 300 g/mol. The van der Waals surface area contributed by atoms with Gasteiger partial charge in [-0.2, -0.15) is 0 Å². The Balaban J connectivity index is 2.11. The lowest BCUT2D eigenvalue weighted by Crippen LogP contribution is -2.34. The summed E-state index contributed by atoms with van der Waals surface area (Å²) in [7, 11) is 3.17. The Kier molecular flexibility index (Phi) is 6.37. The normalized spacial score (nSPS) is 14.0. The maximum Gasteiger partial charge on any atom is 0.260 e. The van der Waals surface area contributed by atoms with Crippen LogP contribution in [0.25, 0.3) is 0 Å². The van der Waals surface area contributed by atoms with Crippen LogP contribution in [0.3, 0.4) is 0 Å². The van der Waals surface area contributed by atoms with Crippen LogP contribution in [0.2, 0.25) is 0 Å². The van der Waals surface area contributed by atoms with Crippen molar-refractivity contribution < 1.29 is 23.8 Å². The van der Waals surface area contributed by atoms with Gasteiger partial charge in [0.1, 0.15) is 5.75 Å². The molecule has 0 saturated carbocycles. The lowest BCUT2D eigenvalue weighted by Gasteiger charge is -2.19. The maximum absolute atomic E-state index is 12.1. The molecule has 1 N–H and O–H groups in total. The topological polar surface area (TPSA) is 77.1 Å². The molecule has 0 bridgehead atoms. The number of methoxy groups -OCH3 is 2. The van der Waals surface area contributed by atoms with Crippen molar-refractivity contribution in [3.63, 3.8) is 0 Å². The molecule has 0 aliphatic carbocycles. The third-order valence-corrected chi connectivity index (χ3v) is 3.54. The molecule has 1 aliphatic heterocycles. The van der Waals surface area contributed by atoms with Gasteiger partial charge in [-0.3, -0.25) is 9.59 Å². The number of carbonyl (C=O) groups is 2. The van der Waals surface area contributed by atoms with Gasteiger partial charge in [-0.25, -0.2) is 0 Å². The second-order valence-electron chi connectivity index (χ2n) is 5.17. The van der Waals surface area contributed by atoms with Gasteiger partial charge in [0.05, 0.1) is 13.2 Å². The molecule has 1 aromatic rings. The Morgan fingerprint density at radius 1 is 1.30 bits per heavy atom. The Bertz CT molecular complexity index is 561. The van der Waals surface area contributed by atoms with Crippen LogP contribution in [0.1, 0.15) is 15.9 Å². The van der Waals surface area contributed by atoms with Crippen molar-refractivity contribution in [2.24, 2.45) is 0 Å². The fourth-order valence-electron chi connectivity index (χ4n) is 2.28. The summed E-state index contributed by atoms with van der Waals surface area (Å²) >= 11 is 0. The first kappa shape index (κ1) is 17.2. The third kappa shape index (κ3) is 4.67. The molecular formula is C16H22N2O5. The lowest BCUT2D eigenvalue weighted by atomic mass is 10.1. The number of nitrogens with one attached hydrogen (secondary N) is 1. The molecule has 0 unspecified atom stereocenters. The number of nitrogens with zero attached hydrogens (tertiary/aromatic N) is 1. The first-order chi connectivity index (χ1) is 11.2. The second-order valence-corrected chi connectivity index (χ2v) is 5.17. The van der Waals surface area contributed by atoms with Gasteiger partial charge in [-0.1, -0.05) is 0 Å². The minimum Gasteiger partial charge on any atom is -0.483 e. The molecule has 126 valence electrons. The molecule has 2 amide bonds. The number of hydrogen-bond donors (Lipinski definition) is 1. The molecule has 1 aliphatic rings. The molecule has 1 heterocycles. The standard InChI is InChI=1S/C16H22N2O5/c1-21-7-5-17-16(20)12-3-4-14-13(9-12)10-18(6-8-22-2)15(19)11-23-14/h3-4,9H,5-8,10-11H2,1-2H3,(H,17,20). The first-order valence-corrected chi connectivity index (χ1v) is 7.45. The van der Waals surface area contributed by atoms with Gasteiger partial charge >= 0.3 is 0 Å². The highest BCUT2D eigenvalue weighted by Crippen LogP contribution is 2.24. The molecule has 0 radical (unpaired) electrons. The summed E-state index contributed by atoms with van der Waals surface area (Å²) < 4.78 is 15.5. The van der Waals surface area contributed by atoms with E-state index in [2.05, 4.69) is 5.32 Å². The summed E-state index contributed by atoms with van der Waals surface area (Å²) in [6, 6.07) is 5.18. The van der Waals surface area contributed by atoms with E-state index in [1.807, 2.05) is 0 Å². The van der Waals surface area contributed by atoms with Crippen molar-refractivity contribution in [3.05, 3.63) is 29.3 Å². The van der Waals surface area contributed by atoms with Gasteiger partial charge in [0.2, 0.25) is 0 Å². The molecule has 23 heavy (non-hydrogen) atoms.